The summed E-state index contributed by atoms with van der Waals surface area (Å²) < 4.78 is 12.8. The molecule has 0 fully saturated rings. The smallest absolute Gasteiger partial charge is 0.340 e. The SMILES string of the molecule is CCc1ccc(Nc2cccc3c2C2(OC(=O)c4ccccc42)c2ccccc2O3)c(N(CC)CC)c1. The van der Waals surface area contributed by atoms with Crippen LogP contribution < -0.4 is 15.0 Å². The minimum Gasteiger partial charge on any atom is -0.456 e. The van der Waals surface area contributed by atoms with E-state index < -0.39 is 5.60 Å². The predicted molar refractivity (Wildman–Crippen MR) is 147 cm³/mol. The summed E-state index contributed by atoms with van der Waals surface area (Å²) in [6.07, 6.45) is 0.968. The Morgan fingerprint density at radius 2 is 1.51 bits per heavy atom. The van der Waals surface area contributed by atoms with Gasteiger partial charge in [-0.3, -0.25) is 0 Å². The van der Waals surface area contributed by atoms with Crippen molar-refractivity contribution in [2.24, 2.45) is 0 Å². The molecule has 0 aromatic heterocycles. The topological polar surface area (TPSA) is 50.8 Å². The van der Waals surface area contributed by atoms with E-state index in [0.29, 0.717) is 17.1 Å². The highest BCUT2D eigenvalue weighted by molar-refractivity contribution is 5.98. The van der Waals surface area contributed by atoms with Crippen LogP contribution in [0.2, 0.25) is 0 Å². The molecule has 1 N–H and O–H groups in total. The molecule has 1 unspecified atom stereocenters. The summed E-state index contributed by atoms with van der Waals surface area (Å²) in [5, 5.41) is 3.72. The third-order valence-corrected chi connectivity index (χ3v) is 7.48. The number of nitrogens with one attached hydrogen (secondary N) is 1. The molecule has 2 aliphatic rings. The number of anilines is 3. The van der Waals surface area contributed by atoms with Crippen molar-refractivity contribution in [1.82, 2.24) is 0 Å². The van der Waals surface area contributed by atoms with Crippen LogP contribution in [-0.2, 0) is 16.8 Å². The molecule has 0 radical (unpaired) electrons. The van der Waals surface area contributed by atoms with Crippen molar-refractivity contribution in [2.75, 3.05) is 23.3 Å². The molecule has 186 valence electrons. The van der Waals surface area contributed by atoms with E-state index in [1.807, 2.05) is 66.7 Å². The standard InChI is InChI=1S/C32H30N2O3/c1-4-21-18-19-25(27(20-21)34(5-2)6-3)33-26-15-11-17-29-30(26)32(24-14-9-10-16-28(24)36-29)23-13-8-7-12-22(23)31(35)37-32/h7-20,33H,4-6H2,1-3H3. The van der Waals surface area contributed by atoms with Gasteiger partial charge in [0.15, 0.2) is 5.60 Å². The van der Waals surface area contributed by atoms with E-state index in [1.54, 1.807) is 0 Å². The van der Waals surface area contributed by atoms with Gasteiger partial charge in [-0.25, -0.2) is 4.79 Å². The molecule has 2 aliphatic heterocycles. The summed E-state index contributed by atoms with van der Waals surface area (Å²) in [6, 6.07) is 28.0. The highest BCUT2D eigenvalue weighted by Gasteiger charge is 2.54. The van der Waals surface area contributed by atoms with E-state index in [4.69, 9.17) is 9.47 Å². The fraction of sp³-hybridized carbons (Fsp3) is 0.219. The average Bonchev–Trinajstić information content (AvgIpc) is 3.23. The normalized spacial score (nSPS) is 16.9. The fourth-order valence-corrected chi connectivity index (χ4v) is 5.66. The molecule has 0 bridgehead atoms. The van der Waals surface area contributed by atoms with Gasteiger partial charge in [0.2, 0.25) is 0 Å². The van der Waals surface area contributed by atoms with Gasteiger partial charge in [-0.05, 0) is 62.2 Å². The summed E-state index contributed by atoms with van der Waals surface area (Å²) >= 11 is 0. The van der Waals surface area contributed by atoms with Crippen LogP contribution in [0.25, 0.3) is 0 Å². The van der Waals surface area contributed by atoms with Gasteiger partial charge < -0.3 is 19.7 Å². The van der Waals surface area contributed by atoms with Crippen LogP contribution in [0, 0.1) is 0 Å². The lowest BCUT2D eigenvalue weighted by atomic mass is 9.77. The van der Waals surface area contributed by atoms with E-state index in [2.05, 4.69) is 49.2 Å². The highest BCUT2D eigenvalue weighted by atomic mass is 16.6. The first-order valence-electron chi connectivity index (χ1n) is 13.0. The Bertz CT molecular complexity index is 1510. The van der Waals surface area contributed by atoms with Gasteiger partial charge >= 0.3 is 5.97 Å². The van der Waals surface area contributed by atoms with Crippen LogP contribution in [0.5, 0.6) is 11.5 Å². The summed E-state index contributed by atoms with van der Waals surface area (Å²) in [5.74, 6) is 1.03. The van der Waals surface area contributed by atoms with E-state index in [1.165, 1.54) is 5.56 Å². The first-order chi connectivity index (χ1) is 18.1. The Morgan fingerprint density at radius 1 is 0.784 bits per heavy atom. The molecule has 2 heterocycles. The van der Waals surface area contributed by atoms with Crippen LogP contribution in [0.15, 0.2) is 84.9 Å². The molecule has 1 spiro atoms. The van der Waals surface area contributed by atoms with Crippen molar-refractivity contribution >= 4 is 23.0 Å². The summed E-state index contributed by atoms with van der Waals surface area (Å²) in [4.78, 5) is 15.6. The molecule has 4 aromatic carbocycles. The Labute approximate surface area is 217 Å². The Kier molecular flexibility index (Phi) is 5.64. The quantitative estimate of drug-likeness (QED) is 0.285. The number of fused-ring (bicyclic) bond motifs is 6. The number of carbonyl (C=O) groups excluding carboxylic acids is 1. The Balaban J connectivity index is 1.58. The molecule has 5 nitrogen and oxygen atoms in total. The van der Waals surface area contributed by atoms with Crippen molar-refractivity contribution in [2.45, 2.75) is 32.8 Å². The third kappa shape index (κ3) is 3.49. The molecule has 5 heteroatoms. The second kappa shape index (κ2) is 9.00. The third-order valence-electron chi connectivity index (χ3n) is 7.48. The number of benzene rings is 4. The summed E-state index contributed by atoms with van der Waals surface area (Å²) in [5.41, 5.74) is 6.20. The monoisotopic (exact) mass is 490 g/mol. The highest BCUT2D eigenvalue weighted by Crippen LogP contribution is 2.58. The number of aryl methyl sites for hydroxylation is 1. The lowest BCUT2D eigenvalue weighted by Gasteiger charge is -2.38. The molecular weight excluding hydrogens is 460 g/mol. The van der Waals surface area contributed by atoms with Gasteiger partial charge in [0.25, 0.3) is 0 Å². The van der Waals surface area contributed by atoms with Crippen molar-refractivity contribution in [3.05, 3.63) is 113 Å². The lowest BCUT2D eigenvalue weighted by molar-refractivity contribution is 0.0227. The zero-order chi connectivity index (χ0) is 25.6. The first kappa shape index (κ1) is 23.2. The molecule has 4 aromatic rings. The first-order valence-corrected chi connectivity index (χ1v) is 13.0. The van der Waals surface area contributed by atoms with Crippen molar-refractivity contribution in [3.8, 4) is 11.5 Å². The van der Waals surface area contributed by atoms with Crippen LogP contribution in [-0.4, -0.2) is 19.1 Å². The number of hydrogen-bond donors (Lipinski definition) is 1. The zero-order valence-corrected chi connectivity index (χ0v) is 21.4. The molecule has 0 saturated carbocycles. The average molecular weight is 491 g/mol. The van der Waals surface area contributed by atoms with Gasteiger partial charge in [-0.2, -0.15) is 0 Å². The van der Waals surface area contributed by atoms with Gasteiger partial charge in [-0.1, -0.05) is 55.5 Å². The zero-order valence-electron chi connectivity index (χ0n) is 21.4. The maximum absolute atomic E-state index is 13.2. The maximum Gasteiger partial charge on any atom is 0.340 e. The summed E-state index contributed by atoms with van der Waals surface area (Å²) in [6.45, 7) is 8.32. The van der Waals surface area contributed by atoms with Gasteiger partial charge in [0.05, 0.1) is 28.2 Å². The minimum atomic E-state index is -1.11. The second-order valence-corrected chi connectivity index (χ2v) is 9.40. The van der Waals surface area contributed by atoms with Crippen LogP contribution in [0.4, 0.5) is 17.1 Å². The van der Waals surface area contributed by atoms with E-state index >= 15 is 0 Å². The Hall–Kier alpha value is -4.25. The van der Waals surface area contributed by atoms with Crippen molar-refractivity contribution in [3.63, 3.8) is 0 Å². The number of esters is 1. The minimum absolute atomic E-state index is 0.329. The number of rotatable bonds is 6. The molecule has 0 saturated heterocycles. The van der Waals surface area contributed by atoms with E-state index in [9.17, 15) is 4.79 Å². The van der Waals surface area contributed by atoms with E-state index in [-0.39, 0.29) is 5.97 Å². The van der Waals surface area contributed by atoms with Crippen molar-refractivity contribution in [1.29, 1.82) is 0 Å². The molecule has 1 atom stereocenters. The number of nitrogens with zero attached hydrogens (tertiary/aromatic N) is 1. The molecule has 0 aliphatic carbocycles. The largest absolute Gasteiger partial charge is 0.456 e. The second-order valence-electron chi connectivity index (χ2n) is 9.40. The van der Waals surface area contributed by atoms with Crippen LogP contribution in [0.3, 0.4) is 0 Å². The number of carbonyl (C=O) groups is 1. The lowest BCUT2D eigenvalue weighted by Crippen LogP contribution is -2.33. The maximum atomic E-state index is 13.2. The van der Waals surface area contributed by atoms with Gasteiger partial charge in [-0.15, -0.1) is 0 Å². The Morgan fingerprint density at radius 3 is 2.30 bits per heavy atom. The fourth-order valence-electron chi connectivity index (χ4n) is 5.66. The summed E-state index contributed by atoms with van der Waals surface area (Å²) in [7, 11) is 0. The number of ether oxygens (including phenoxy) is 2. The number of para-hydroxylation sites is 1. The van der Waals surface area contributed by atoms with Crippen LogP contribution >= 0.6 is 0 Å². The van der Waals surface area contributed by atoms with Crippen LogP contribution in [0.1, 0.15) is 53.4 Å². The molecule has 6 rings (SSSR count). The van der Waals surface area contributed by atoms with Gasteiger partial charge in [0, 0.05) is 24.2 Å². The van der Waals surface area contributed by atoms with Gasteiger partial charge in [0.1, 0.15) is 11.5 Å². The van der Waals surface area contributed by atoms with Crippen molar-refractivity contribution < 1.29 is 14.3 Å². The van der Waals surface area contributed by atoms with E-state index in [0.717, 1.165) is 53.3 Å². The predicted octanol–water partition coefficient (Wildman–Crippen LogP) is 7.41. The molecule has 0 amide bonds. The molecular formula is C32H30N2O3. The number of hydrogen-bond acceptors (Lipinski definition) is 5. The molecule has 37 heavy (non-hydrogen) atoms.